The summed E-state index contributed by atoms with van der Waals surface area (Å²) < 4.78 is 32.1. The molecule has 0 atom stereocenters. The largest absolute Gasteiger partial charge is 0.462 e. The lowest BCUT2D eigenvalue weighted by atomic mass is 10.2. The van der Waals surface area contributed by atoms with Crippen LogP contribution in [0.15, 0.2) is 53.5 Å². The highest BCUT2D eigenvalue weighted by atomic mass is 32.2. The number of benzene rings is 2. The second kappa shape index (κ2) is 9.73. The van der Waals surface area contributed by atoms with Crippen LogP contribution in [0.2, 0.25) is 0 Å². The Kier molecular flexibility index (Phi) is 7.05. The Morgan fingerprint density at radius 3 is 2.61 bits per heavy atom. The molecule has 1 amide bonds. The van der Waals surface area contributed by atoms with Gasteiger partial charge in [-0.1, -0.05) is 47.6 Å². The lowest BCUT2D eigenvalue weighted by Gasteiger charge is -2.03. The minimum atomic E-state index is -3.68. The van der Waals surface area contributed by atoms with E-state index in [2.05, 4.69) is 10.9 Å². The summed E-state index contributed by atoms with van der Waals surface area (Å²) in [4.78, 5) is 28.7. The number of thiazole rings is 1. The third-order valence-corrected chi connectivity index (χ3v) is 6.74. The van der Waals surface area contributed by atoms with Crippen molar-refractivity contribution in [1.82, 2.24) is 4.57 Å². The zero-order valence-electron chi connectivity index (χ0n) is 16.8. The minimum Gasteiger partial charge on any atom is -0.462 e. The van der Waals surface area contributed by atoms with Crippen molar-refractivity contribution in [3.8, 4) is 12.3 Å². The molecule has 9 heteroatoms. The summed E-state index contributed by atoms with van der Waals surface area (Å²) in [5.74, 6) is 0.319. The molecule has 0 fully saturated rings. The Bertz CT molecular complexity index is 1330. The number of rotatable bonds is 7. The molecule has 0 aliphatic carbocycles. The quantitative estimate of drug-likeness (QED) is 0.402. The first-order valence-electron chi connectivity index (χ1n) is 9.39. The first kappa shape index (κ1) is 22.5. The Balaban J connectivity index is 1.92. The standard InChI is InChI=1S/C22H20N2O5S2/c1-3-12-24-18-11-10-17(21(26)29-4-2)13-19(18)30-22(24)23-20(25)15-31(27,28)14-16-8-6-5-7-9-16/h1,5-11,13H,4,12,14-15H2,2H3. The number of hydrogen-bond donors (Lipinski definition) is 0. The van der Waals surface area contributed by atoms with Gasteiger partial charge in [0.15, 0.2) is 14.6 Å². The topological polar surface area (TPSA) is 94.8 Å². The first-order valence-corrected chi connectivity index (χ1v) is 12.0. The SMILES string of the molecule is C#CCn1c(=NC(=O)CS(=O)(=O)Cc2ccccc2)sc2cc(C(=O)OCC)ccc21. The van der Waals surface area contributed by atoms with Gasteiger partial charge in [0.05, 0.1) is 34.7 Å². The van der Waals surface area contributed by atoms with E-state index in [0.29, 0.717) is 21.3 Å². The maximum Gasteiger partial charge on any atom is 0.338 e. The van der Waals surface area contributed by atoms with E-state index in [-0.39, 0.29) is 23.7 Å². The molecule has 3 rings (SSSR count). The summed E-state index contributed by atoms with van der Waals surface area (Å²) in [5, 5.41) is 0. The van der Waals surface area contributed by atoms with Crippen LogP contribution in [-0.2, 0) is 31.7 Å². The number of terminal acetylenes is 1. The van der Waals surface area contributed by atoms with Crippen molar-refractivity contribution >= 4 is 43.3 Å². The molecule has 3 aromatic rings. The fraction of sp³-hybridized carbons (Fsp3) is 0.227. The molecule has 1 heterocycles. The Labute approximate surface area is 183 Å². The van der Waals surface area contributed by atoms with Crippen LogP contribution in [0.4, 0.5) is 0 Å². The highest BCUT2D eigenvalue weighted by Gasteiger charge is 2.18. The number of sulfone groups is 1. The Morgan fingerprint density at radius 1 is 1.19 bits per heavy atom. The van der Waals surface area contributed by atoms with Crippen LogP contribution < -0.4 is 4.80 Å². The van der Waals surface area contributed by atoms with E-state index < -0.39 is 27.5 Å². The molecule has 0 unspecified atom stereocenters. The summed E-state index contributed by atoms with van der Waals surface area (Å²) in [7, 11) is -3.68. The van der Waals surface area contributed by atoms with E-state index >= 15 is 0 Å². The van der Waals surface area contributed by atoms with Crippen LogP contribution in [0.1, 0.15) is 22.8 Å². The average molecular weight is 457 g/mol. The monoisotopic (exact) mass is 456 g/mol. The minimum absolute atomic E-state index is 0.141. The fourth-order valence-electron chi connectivity index (χ4n) is 2.95. The molecule has 31 heavy (non-hydrogen) atoms. The van der Waals surface area contributed by atoms with Crippen molar-refractivity contribution in [3.63, 3.8) is 0 Å². The van der Waals surface area contributed by atoms with Crippen LogP contribution in [0.3, 0.4) is 0 Å². The summed E-state index contributed by atoms with van der Waals surface area (Å²) in [6.07, 6.45) is 5.45. The van der Waals surface area contributed by atoms with E-state index in [9.17, 15) is 18.0 Å². The van der Waals surface area contributed by atoms with Crippen molar-refractivity contribution in [3.05, 3.63) is 64.5 Å². The Morgan fingerprint density at radius 2 is 1.94 bits per heavy atom. The van der Waals surface area contributed by atoms with Crippen LogP contribution in [0.25, 0.3) is 10.2 Å². The smallest absolute Gasteiger partial charge is 0.338 e. The van der Waals surface area contributed by atoms with Gasteiger partial charge in [-0.3, -0.25) is 4.79 Å². The zero-order chi connectivity index (χ0) is 22.4. The zero-order valence-corrected chi connectivity index (χ0v) is 18.4. The van der Waals surface area contributed by atoms with Crippen molar-refractivity contribution in [2.45, 2.75) is 19.2 Å². The van der Waals surface area contributed by atoms with Crippen LogP contribution in [0, 0.1) is 12.3 Å². The highest BCUT2D eigenvalue weighted by Crippen LogP contribution is 2.20. The maximum absolute atomic E-state index is 12.4. The lowest BCUT2D eigenvalue weighted by Crippen LogP contribution is -2.21. The van der Waals surface area contributed by atoms with E-state index in [1.54, 1.807) is 60.0 Å². The number of carbonyl (C=O) groups excluding carboxylic acids is 2. The summed E-state index contributed by atoms with van der Waals surface area (Å²) in [6, 6.07) is 13.6. The third-order valence-electron chi connectivity index (χ3n) is 4.24. The molecule has 0 bridgehead atoms. The van der Waals surface area contributed by atoms with Crippen LogP contribution in [0.5, 0.6) is 0 Å². The molecule has 0 saturated carbocycles. The van der Waals surface area contributed by atoms with E-state index in [4.69, 9.17) is 11.2 Å². The molecular weight excluding hydrogens is 436 g/mol. The number of aromatic nitrogens is 1. The molecule has 0 aliphatic heterocycles. The van der Waals surface area contributed by atoms with E-state index in [0.717, 1.165) is 11.3 Å². The summed E-state index contributed by atoms with van der Waals surface area (Å²) in [6.45, 7) is 2.11. The maximum atomic E-state index is 12.4. The average Bonchev–Trinajstić information content (AvgIpc) is 3.04. The molecule has 7 nitrogen and oxygen atoms in total. The molecule has 160 valence electrons. The van der Waals surface area contributed by atoms with Crippen molar-refractivity contribution in [2.24, 2.45) is 4.99 Å². The van der Waals surface area contributed by atoms with Crippen molar-refractivity contribution in [2.75, 3.05) is 12.4 Å². The molecule has 0 saturated heterocycles. The molecule has 0 aliphatic rings. The Hall–Kier alpha value is -3.22. The normalized spacial score (nSPS) is 11.9. The van der Waals surface area contributed by atoms with Gasteiger partial charge in [-0.25, -0.2) is 13.2 Å². The third kappa shape index (κ3) is 5.69. The van der Waals surface area contributed by atoms with Gasteiger partial charge in [0.25, 0.3) is 5.91 Å². The molecule has 2 aromatic carbocycles. The van der Waals surface area contributed by atoms with Gasteiger partial charge in [-0.2, -0.15) is 4.99 Å². The highest BCUT2D eigenvalue weighted by molar-refractivity contribution is 7.91. The van der Waals surface area contributed by atoms with E-state index in [1.807, 2.05) is 0 Å². The molecule has 0 radical (unpaired) electrons. The van der Waals surface area contributed by atoms with Crippen molar-refractivity contribution < 1.29 is 22.7 Å². The number of amides is 1. The van der Waals surface area contributed by atoms with Gasteiger partial charge in [-0.05, 0) is 30.7 Å². The van der Waals surface area contributed by atoms with Gasteiger partial charge in [0.1, 0.15) is 5.75 Å². The molecule has 0 N–H and O–H groups in total. The molecular formula is C22H20N2O5S2. The molecule has 0 spiro atoms. The number of hydrogen-bond acceptors (Lipinski definition) is 6. The van der Waals surface area contributed by atoms with E-state index in [1.165, 1.54) is 0 Å². The number of carbonyl (C=O) groups is 2. The number of fused-ring (bicyclic) bond motifs is 1. The van der Waals surface area contributed by atoms with Gasteiger partial charge < -0.3 is 9.30 Å². The first-order chi connectivity index (χ1) is 14.8. The summed E-state index contributed by atoms with van der Waals surface area (Å²) >= 11 is 1.15. The van der Waals surface area contributed by atoms with Gasteiger partial charge in [0.2, 0.25) is 0 Å². The predicted molar refractivity (Wildman–Crippen MR) is 119 cm³/mol. The number of nitrogens with zero attached hydrogens (tertiary/aromatic N) is 2. The van der Waals surface area contributed by atoms with Gasteiger partial charge in [0, 0.05) is 0 Å². The van der Waals surface area contributed by atoms with Gasteiger partial charge >= 0.3 is 5.97 Å². The van der Waals surface area contributed by atoms with Crippen molar-refractivity contribution in [1.29, 1.82) is 0 Å². The fourth-order valence-corrected chi connectivity index (χ4v) is 5.28. The summed E-state index contributed by atoms with van der Waals surface area (Å²) in [5.41, 5.74) is 1.66. The number of esters is 1. The lowest BCUT2D eigenvalue weighted by molar-refractivity contribution is -0.115. The van der Waals surface area contributed by atoms with Crippen LogP contribution in [-0.4, -0.2) is 37.2 Å². The van der Waals surface area contributed by atoms with Gasteiger partial charge in [-0.15, -0.1) is 6.42 Å². The predicted octanol–water partition coefficient (Wildman–Crippen LogP) is 2.56. The second-order valence-corrected chi connectivity index (χ2v) is 9.67. The van der Waals surface area contributed by atoms with Crippen LogP contribution >= 0.6 is 11.3 Å². The number of ether oxygens (including phenoxy) is 1. The second-order valence-electron chi connectivity index (χ2n) is 6.60. The molecule has 1 aromatic heterocycles.